The Bertz CT molecular complexity index is 449. The number of rotatable bonds is 2. The summed E-state index contributed by atoms with van der Waals surface area (Å²) >= 11 is 0. The minimum Gasteiger partial charge on any atom is -0.361 e. The minimum absolute atomic E-state index is 0.934. The third-order valence-electron chi connectivity index (χ3n) is 3.66. The molecule has 0 saturated heterocycles. The number of aromatic nitrogens is 1. The van der Waals surface area contributed by atoms with Gasteiger partial charge in [0.25, 0.3) is 0 Å². The zero-order chi connectivity index (χ0) is 10.1. The largest absolute Gasteiger partial charge is 0.361 e. The molecule has 1 aromatic carbocycles. The highest BCUT2D eigenvalue weighted by Crippen LogP contribution is 2.30. The van der Waals surface area contributed by atoms with E-state index in [1.54, 1.807) is 0 Å². The van der Waals surface area contributed by atoms with E-state index in [1.165, 1.54) is 48.6 Å². The maximum atomic E-state index is 3.36. The van der Waals surface area contributed by atoms with Gasteiger partial charge in [-0.1, -0.05) is 43.9 Å². The first kappa shape index (κ1) is 9.02. The van der Waals surface area contributed by atoms with Crippen LogP contribution in [0.5, 0.6) is 0 Å². The summed E-state index contributed by atoms with van der Waals surface area (Å²) in [4.78, 5) is 3.36. The topological polar surface area (TPSA) is 15.8 Å². The van der Waals surface area contributed by atoms with E-state index in [-0.39, 0.29) is 0 Å². The van der Waals surface area contributed by atoms with Crippen molar-refractivity contribution in [2.45, 2.75) is 32.1 Å². The van der Waals surface area contributed by atoms with E-state index >= 15 is 0 Å². The zero-order valence-corrected chi connectivity index (χ0v) is 9.00. The van der Waals surface area contributed by atoms with Gasteiger partial charge >= 0.3 is 0 Å². The number of H-pyrrole nitrogens is 1. The quantitative estimate of drug-likeness (QED) is 0.755. The van der Waals surface area contributed by atoms with Crippen molar-refractivity contribution in [3.05, 3.63) is 36.0 Å². The van der Waals surface area contributed by atoms with Crippen LogP contribution in [0.1, 0.15) is 31.2 Å². The lowest BCUT2D eigenvalue weighted by molar-refractivity contribution is 0.548. The summed E-state index contributed by atoms with van der Waals surface area (Å²) in [7, 11) is 0. The van der Waals surface area contributed by atoms with E-state index in [9.17, 15) is 0 Å². The molecule has 3 rings (SSSR count). The van der Waals surface area contributed by atoms with E-state index in [0.29, 0.717) is 0 Å². The molecule has 0 bridgehead atoms. The van der Waals surface area contributed by atoms with Gasteiger partial charge in [0.15, 0.2) is 0 Å². The van der Waals surface area contributed by atoms with E-state index < -0.39 is 0 Å². The average molecular weight is 199 g/mol. The molecule has 2 aromatic rings. The summed E-state index contributed by atoms with van der Waals surface area (Å²) in [5.41, 5.74) is 2.79. The fraction of sp³-hybridized carbons (Fsp3) is 0.429. The standard InChI is InChI=1S/C14H17N/c1-2-6-11(5-1)9-12-10-15-14-8-4-3-7-13(12)14/h3-4,7-8,10-11,15H,1-2,5-6,9H2. The predicted molar refractivity (Wildman–Crippen MR) is 64.0 cm³/mol. The molecule has 0 atom stereocenters. The molecule has 0 radical (unpaired) electrons. The molecule has 1 N–H and O–H groups in total. The van der Waals surface area contributed by atoms with Crippen LogP contribution in [0.15, 0.2) is 30.5 Å². The lowest BCUT2D eigenvalue weighted by atomic mass is 9.98. The molecular formula is C14H17N. The van der Waals surface area contributed by atoms with Gasteiger partial charge in [-0.3, -0.25) is 0 Å². The molecule has 0 unspecified atom stereocenters. The number of benzene rings is 1. The van der Waals surface area contributed by atoms with Gasteiger partial charge in [-0.25, -0.2) is 0 Å². The van der Waals surface area contributed by atoms with E-state index in [2.05, 4.69) is 35.4 Å². The maximum absolute atomic E-state index is 3.36. The highest BCUT2D eigenvalue weighted by molar-refractivity contribution is 5.83. The third kappa shape index (κ3) is 1.67. The van der Waals surface area contributed by atoms with Crippen LogP contribution < -0.4 is 0 Å². The van der Waals surface area contributed by atoms with Gasteiger partial charge in [-0.05, 0) is 24.0 Å². The Labute approximate surface area is 90.5 Å². The van der Waals surface area contributed by atoms with Crippen molar-refractivity contribution in [1.82, 2.24) is 4.98 Å². The van der Waals surface area contributed by atoms with Gasteiger partial charge in [0.2, 0.25) is 0 Å². The molecule has 0 amide bonds. The maximum Gasteiger partial charge on any atom is 0.0456 e. The lowest BCUT2D eigenvalue weighted by Gasteiger charge is -2.06. The lowest BCUT2D eigenvalue weighted by Crippen LogP contribution is -1.97. The summed E-state index contributed by atoms with van der Waals surface area (Å²) in [5.74, 6) is 0.934. The van der Waals surface area contributed by atoms with Crippen molar-refractivity contribution in [1.29, 1.82) is 0 Å². The van der Waals surface area contributed by atoms with Gasteiger partial charge < -0.3 is 4.98 Å². The SMILES string of the molecule is c1ccc2c(CC3CCCC3)c[nH]c2c1. The average Bonchev–Trinajstić information content (AvgIpc) is 2.89. The van der Waals surface area contributed by atoms with Crippen molar-refractivity contribution in [3.63, 3.8) is 0 Å². The zero-order valence-electron chi connectivity index (χ0n) is 9.00. The minimum atomic E-state index is 0.934. The molecule has 0 spiro atoms. The number of fused-ring (bicyclic) bond motifs is 1. The molecule has 1 fully saturated rings. The number of hydrogen-bond donors (Lipinski definition) is 1. The number of hydrogen-bond acceptors (Lipinski definition) is 0. The second kappa shape index (κ2) is 3.73. The first-order valence-corrected chi connectivity index (χ1v) is 5.98. The van der Waals surface area contributed by atoms with Crippen LogP contribution in [0.4, 0.5) is 0 Å². The third-order valence-corrected chi connectivity index (χ3v) is 3.66. The van der Waals surface area contributed by atoms with E-state index in [4.69, 9.17) is 0 Å². The smallest absolute Gasteiger partial charge is 0.0456 e. The van der Waals surface area contributed by atoms with Crippen LogP contribution in [-0.4, -0.2) is 4.98 Å². The van der Waals surface area contributed by atoms with Gasteiger partial charge in [-0.2, -0.15) is 0 Å². The van der Waals surface area contributed by atoms with Crippen LogP contribution in [0, 0.1) is 5.92 Å². The first-order valence-electron chi connectivity index (χ1n) is 5.98. The Balaban J connectivity index is 1.90. The highest BCUT2D eigenvalue weighted by Gasteiger charge is 2.16. The van der Waals surface area contributed by atoms with Crippen LogP contribution in [0.25, 0.3) is 10.9 Å². The Morgan fingerprint density at radius 3 is 2.80 bits per heavy atom. The van der Waals surface area contributed by atoms with Crippen molar-refractivity contribution in [2.75, 3.05) is 0 Å². The second-order valence-corrected chi connectivity index (χ2v) is 4.71. The summed E-state index contributed by atoms with van der Waals surface area (Å²) in [6.07, 6.45) is 9.20. The fourth-order valence-corrected chi connectivity index (χ4v) is 2.83. The van der Waals surface area contributed by atoms with E-state index in [1.807, 2.05) is 0 Å². The number of aromatic amines is 1. The normalized spacial score (nSPS) is 17.6. The van der Waals surface area contributed by atoms with Crippen molar-refractivity contribution in [2.24, 2.45) is 5.92 Å². The molecule has 1 aromatic heterocycles. The van der Waals surface area contributed by atoms with E-state index in [0.717, 1.165) is 5.92 Å². The molecule has 78 valence electrons. The molecular weight excluding hydrogens is 182 g/mol. The van der Waals surface area contributed by atoms with Gasteiger partial charge in [0.05, 0.1) is 0 Å². The molecule has 1 heterocycles. The molecule has 1 nitrogen and oxygen atoms in total. The van der Waals surface area contributed by atoms with Crippen LogP contribution in [0.2, 0.25) is 0 Å². The molecule has 1 aliphatic carbocycles. The summed E-state index contributed by atoms with van der Waals surface area (Å²) in [6, 6.07) is 8.62. The van der Waals surface area contributed by atoms with Crippen LogP contribution in [0.3, 0.4) is 0 Å². The molecule has 1 saturated carbocycles. The van der Waals surface area contributed by atoms with Crippen LogP contribution in [-0.2, 0) is 6.42 Å². The second-order valence-electron chi connectivity index (χ2n) is 4.71. The number of para-hydroxylation sites is 1. The summed E-state index contributed by atoms with van der Waals surface area (Å²) < 4.78 is 0. The molecule has 0 aliphatic heterocycles. The first-order chi connectivity index (χ1) is 7.43. The van der Waals surface area contributed by atoms with Crippen molar-refractivity contribution >= 4 is 10.9 Å². The van der Waals surface area contributed by atoms with Gasteiger partial charge in [0, 0.05) is 17.1 Å². The highest BCUT2D eigenvalue weighted by atomic mass is 14.7. The van der Waals surface area contributed by atoms with Gasteiger partial charge in [0.1, 0.15) is 0 Å². The summed E-state index contributed by atoms with van der Waals surface area (Å²) in [5, 5.41) is 1.42. The Morgan fingerprint density at radius 1 is 1.13 bits per heavy atom. The Kier molecular flexibility index (Phi) is 2.24. The van der Waals surface area contributed by atoms with Crippen molar-refractivity contribution in [3.8, 4) is 0 Å². The number of nitrogens with one attached hydrogen (secondary N) is 1. The van der Waals surface area contributed by atoms with Crippen LogP contribution >= 0.6 is 0 Å². The summed E-state index contributed by atoms with van der Waals surface area (Å²) in [6.45, 7) is 0. The molecule has 15 heavy (non-hydrogen) atoms. The fourth-order valence-electron chi connectivity index (χ4n) is 2.83. The molecule has 1 heteroatoms. The monoisotopic (exact) mass is 199 g/mol. The Morgan fingerprint density at radius 2 is 1.93 bits per heavy atom. The van der Waals surface area contributed by atoms with Crippen molar-refractivity contribution < 1.29 is 0 Å². The predicted octanol–water partition coefficient (Wildman–Crippen LogP) is 3.90. The molecule has 1 aliphatic rings. The Hall–Kier alpha value is -1.24. The van der Waals surface area contributed by atoms with Gasteiger partial charge in [-0.15, -0.1) is 0 Å².